The SMILES string of the molecule is CCC(C)COc1ccc(-c2ccc(O)cc2)cc1C#N.CCCCCCCCc1ccc(C(=O)O)c(-c2ccc(-c3ccc(OCC(C)CC)c(C#N)c3)cc2)c1. The third-order valence-corrected chi connectivity index (χ3v) is 10.5. The second-order valence-corrected chi connectivity index (χ2v) is 15.1. The van der Waals surface area contributed by atoms with Crippen molar-refractivity contribution in [1.29, 1.82) is 10.5 Å². The molecule has 302 valence electrons. The number of nitrogens with zero attached hydrogens (tertiary/aromatic N) is 2. The van der Waals surface area contributed by atoms with E-state index in [0.29, 0.717) is 53.2 Å². The highest BCUT2D eigenvalue weighted by molar-refractivity contribution is 5.96. The molecule has 0 heterocycles. The predicted molar refractivity (Wildman–Crippen MR) is 234 cm³/mol. The highest BCUT2D eigenvalue weighted by Crippen LogP contribution is 2.32. The Balaban J connectivity index is 0.000000299. The fraction of sp³-hybridized carbons (Fsp3) is 0.353. The van der Waals surface area contributed by atoms with Crippen molar-refractivity contribution in [3.63, 3.8) is 0 Å². The van der Waals surface area contributed by atoms with Crippen LogP contribution in [0.1, 0.15) is 113 Å². The number of hydrogen-bond donors (Lipinski definition) is 2. The number of carboxylic acid groups (broad SMARTS) is 1. The Labute approximate surface area is 345 Å². The van der Waals surface area contributed by atoms with Crippen molar-refractivity contribution >= 4 is 5.97 Å². The first-order chi connectivity index (χ1) is 28.1. The molecular formula is C51H58N2O5. The molecule has 0 amide bonds. The number of carboxylic acids is 1. The summed E-state index contributed by atoms with van der Waals surface area (Å²) >= 11 is 0. The highest BCUT2D eigenvalue weighted by Gasteiger charge is 2.14. The van der Waals surface area contributed by atoms with Crippen LogP contribution in [0.2, 0.25) is 0 Å². The topological polar surface area (TPSA) is 124 Å². The Morgan fingerprint density at radius 2 is 1.07 bits per heavy atom. The molecule has 0 aliphatic carbocycles. The highest BCUT2D eigenvalue weighted by atomic mass is 16.5. The van der Waals surface area contributed by atoms with Crippen LogP contribution in [-0.2, 0) is 6.42 Å². The van der Waals surface area contributed by atoms with Crippen molar-refractivity contribution < 1.29 is 24.5 Å². The minimum Gasteiger partial charge on any atom is -0.508 e. The first-order valence-corrected chi connectivity index (χ1v) is 20.7. The van der Waals surface area contributed by atoms with E-state index in [0.717, 1.165) is 59.1 Å². The smallest absolute Gasteiger partial charge is 0.336 e. The first kappa shape index (κ1) is 44.7. The lowest BCUT2D eigenvalue weighted by molar-refractivity contribution is 0.0697. The maximum atomic E-state index is 11.9. The Kier molecular flexibility index (Phi) is 17.9. The summed E-state index contributed by atoms with van der Waals surface area (Å²) in [6, 6.07) is 36.2. The van der Waals surface area contributed by atoms with Crippen LogP contribution >= 0.6 is 0 Å². The van der Waals surface area contributed by atoms with Crippen molar-refractivity contribution in [2.75, 3.05) is 13.2 Å². The Morgan fingerprint density at radius 3 is 1.55 bits per heavy atom. The van der Waals surface area contributed by atoms with Crippen molar-refractivity contribution in [1.82, 2.24) is 0 Å². The summed E-state index contributed by atoms with van der Waals surface area (Å²) in [6.07, 6.45) is 10.4. The molecule has 0 aliphatic rings. The molecule has 0 aromatic heterocycles. The van der Waals surface area contributed by atoms with Crippen LogP contribution in [0.3, 0.4) is 0 Å². The number of carbonyl (C=O) groups is 1. The monoisotopic (exact) mass is 778 g/mol. The van der Waals surface area contributed by atoms with E-state index in [1.54, 1.807) is 18.2 Å². The van der Waals surface area contributed by atoms with E-state index >= 15 is 0 Å². The standard InChI is InChI=1S/C33H39NO3.C18H19NO2/c1-4-6-7-8-9-10-11-25-12-18-30(33(35)36)31(20-25)27-15-13-26(14-16-27)28-17-19-32(29(21-28)22-34)37-23-24(3)5-2;1-3-13(2)12-21-18-9-6-15(10-16(18)11-19)14-4-7-17(20)8-5-14/h12-21,24H,4-11,23H2,1-3H3,(H,35,36);4-10,13,20H,3,12H2,1-2H3. The summed E-state index contributed by atoms with van der Waals surface area (Å²) in [6.45, 7) is 11.9. The molecular weight excluding hydrogens is 721 g/mol. The number of phenolic OH excluding ortho intramolecular Hbond substituents is 1. The number of ether oxygens (including phenoxy) is 2. The third-order valence-electron chi connectivity index (χ3n) is 10.5. The van der Waals surface area contributed by atoms with Crippen LogP contribution in [0, 0.1) is 34.5 Å². The molecule has 2 atom stereocenters. The molecule has 0 bridgehead atoms. The average molecular weight is 779 g/mol. The summed E-state index contributed by atoms with van der Waals surface area (Å²) in [7, 11) is 0. The van der Waals surface area contributed by atoms with Gasteiger partial charge in [-0.1, -0.05) is 140 Å². The lowest BCUT2D eigenvalue weighted by Gasteiger charge is -2.13. The van der Waals surface area contributed by atoms with Crippen LogP contribution < -0.4 is 9.47 Å². The molecule has 0 saturated carbocycles. The third kappa shape index (κ3) is 13.3. The molecule has 7 nitrogen and oxygen atoms in total. The van der Waals surface area contributed by atoms with E-state index in [1.807, 2.05) is 84.9 Å². The summed E-state index contributed by atoms with van der Waals surface area (Å²) in [5, 5.41) is 38.0. The Morgan fingerprint density at radius 1 is 0.603 bits per heavy atom. The van der Waals surface area contributed by atoms with Crippen LogP contribution in [0.4, 0.5) is 0 Å². The van der Waals surface area contributed by atoms with E-state index in [-0.39, 0.29) is 5.75 Å². The number of aryl methyl sites for hydroxylation is 1. The van der Waals surface area contributed by atoms with Gasteiger partial charge in [-0.2, -0.15) is 10.5 Å². The lowest BCUT2D eigenvalue weighted by atomic mass is 9.93. The average Bonchev–Trinajstić information content (AvgIpc) is 3.26. The van der Waals surface area contributed by atoms with Crippen LogP contribution in [0.5, 0.6) is 17.2 Å². The largest absolute Gasteiger partial charge is 0.508 e. The number of nitriles is 2. The zero-order valence-corrected chi connectivity index (χ0v) is 34.8. The van der Waals surface area contributed by atoms with Gasteiger partial charge in [-0.15, -0.1) is 0 Å². The number of phenols is 1. The molecule has 2 N–H and O–H groups in total. The second kappa shape index (κ2) is 23.2. The summed E-state index contributed by atoms with van der Waals surface area (Å²) < 4.78 is 11.6. The van der Waals surface area contributed by atoms with Crippen LogP contribution in [-0.4, -0.2) is 29.4 Å². The lowest BCUT2D eigenvalue weighted by Crippen LogP contribution is -2.08. The van der Waals surface area contributed by atoms with Crippen molar-refractivity contribution in [2.24, 2.45) is 11.8 Å². The van der Waals surface area contributed by atoms with E-state index in [4.69, 9.17) is 9.47 Å². The van der Waals surface area contributed by atoms with Crippen molar-refractivity contribution in [2.45, 2.75) is 92.4 Å². The van der Waals surface area contributed by atoms with E-state index in [9.17, 15) is 25.5 Å². The zero-order chi connectivity index (χ0) is 41.9. The Bertz CT molecular complexity index is 2140. The van der Waals surface area contributed by atoms with Gasteiger partial charge in [0.05, 0.1) is 29.9 Å². The van der Waals surface area contributed by atoms with Gasteiger partial charge in [0.2, 0.25) is 0 Å². The molecule has 5 rings (SSSR count). The molecule has 0 fully saturated rings. The van der Waals surface area contributed by atoms with Crippen LogP contribution in [0.15, 0.2) is 103 Å². The minimum absolute atomic E-state index is 0.229. The van der Waals surface area contributed by atoms with Gasteiger partial charge in [0, 0.05) is 0 Å². The fourth-order valence-corrected chi connectivity index (χ4v) is 6.32. The number of hydrogen-bond acceptors (Lipinski definition) is 6. The first-order valence-electron chi connectivity index (χ1n) is 20.7. The van der Waals surface area contributed by atoms with Crippen LogP contribution in [0.25, 0.3) is 33.4 Å². The zero-order valence-electron chi connectivity index (χ0n) is 34.8. The molecule has 58 heavy (non-hydrogen) atoms. The minimum atomic E-state index is -0.920. The van der Waals surface area contributed by atoms with Gasteiger partial charge in [-0.3, -0.25) is 0 Å². The van der Waals surface area contributed by atoms with E-state index in [2.05, 4.69) is 46.8 Å². The van der Waals surface area contributed by atoms with Crippen molar-refractivity contribution in [3.8, 4) is 62.8 Å². The quantitative estimate of drug-likeness (QED) is 0.0800. The number of rotatable bonds is 19. The molecule has 0 aliphatic heterocycles. The molecule has 0 radical (unpaired) electrons. The molecule has 0 spiro atoms. The van der Waals surface area contributed by atoms with Gasteiger partial charge in [0.15, 0.2) is 0 Å². The number of unbranched alkanes of at least 4 members (excludes halogenated alkanes) is 5. The summed E-state index contributed by atoms with van der Waals surface area (Å²) in [4.78, 5) is 11.9. The summed E-state index contributed by atoms with van der Waals surface area (Å²) in [5.74, 6) is 1.44. The number of aromatic carboxylic acids is 1. The summed E-state index contributed by atoms with van der Waals surface area (Å²) in [5.41, 5.74) is 7.93. The predicted octanol–water partition coefficient (Wildman–Crippen LogP) is 13.3. The molecule has 0 saturated heterocycles. The van der Waals surface area contributed by atoms with E-state index < -0.39 is 5.97 Å². The van der Waals surface area contributed by atoms with Gasteiger partial charge in [0.1, 0.15) is 29.4 Å². The molecule has 5 aromatic carbocycles. The van der Waals surface area contributed by atoms with Gasteiger partial charge in [-0.05, 0) is 106 Å². The normalized spacial score (nSPS) is 11.6. The molecule has 5 aromatic rings. The molecule has 2 unspecified atom stereocenters. The maximum Gasteiger partial charge on any atom is 0.336 e. The van der Waals surface area contributed by atoms with Crippen molar-refractivity contribution in [3.05, 3.63) is 125 Å². The van der Waals surface area contributed by atoms with E-state index in [1.165, 1.54) is 37.7 Å². The maximum absolute atomic E-state index is 11.9. The van der Waals surface area contributed by atoms with Gasteiger partial charge in [0.25, 0.3) is 0 Å². The van der Waals surface area contributed by atoms with Gasteiger partial charge >= 0.3 is 5.97 Å². The number of aromatic hydroxyl groups is 1. The number of benzene rings is 5. The fourth-order valence-electron chi connectivity index (χ4n) is 6.32. The van der Waals surface area contributed by atoms with Gasteiger partial charge in [-0.25, -0.2) is 4.79 Å². The molecule has 7 heteroatoms. The Hall–Kier alpha value is -6.05. The van der Waals surface area contributed by atoms with Gasteiger partial charge < -0.3 is 19.7 Å². The second-order valence-electron chi connectivity index (χ2n) is 15.1.